The minimum Gasteiger partial charge on any atom is -0.508 e. The van der Waals surface area contributed by atoms with Crippen LogP contribution in [0.15, 0.2) is 48.5 Å². The van der Waals surface area contributed by atoms with Crippen molar-refractivity contribution in [3.63, 3.8) is 0 Å². The summed E-state index contributed by atoms with van der Waals surface area (Å²) in [5.41, 5.74) is 4.10. The van der Waals surface area contributed by atoms with E-state index in [1.165, 1.54) is 16.7 Å². The number of benzene rings is 2. The number of rotatable bonds is 1. The van der Waals surface area contributed by atoms with Crippen LogP contribution in [0.25, 0.3) is 0 Å². The zero-order valence-electron chi connectivity index (χ0n) is 10.3. The van der Waals surface area contributed by atoms with E-state index in [2.05, 4.69) is 29.6 Å². The normalized spacial score (nSPS) is 19.0. The van der Waals surface area contributed by atoms with Crippen LogP contribution in [0.2, 0.25) is 0 Å². The Balaban J connectivity index is 2.03. The fraction of sp³-hybridized carbons (Fsp3) is 0.250. The smallest absolute Gasteiger partial charge is 0.115 e. The second kappa shape index (κ2) is 4.83. The number of nitrogens with one attached hydrogen (secondary N) is 1. The van der Waals surface area contributed by atoms with Crippen molar-refractivity contribution in [3.05, 3.63) is 65.2 Å². The minimum absolute atomic E-state index is 0.327. The lowest BCUT2D eigenvalue weighted by Gasteiger charge is -2.18. The van der Waals surface area contributed by atoms with Crippen molar-refractivity contribution in [2.45, 2.75) is 12.3 Å². The highest BCUT2D eigenvalue weighted by Gasteiger charge is 2.19. The molecule has 0 fully saturated rings. The Bertz CT molecular complexity index is 533. The first-order valence-corrected chi connectivity index (χ1v) is 6.42. The van der Waals surface area contributed by atoms with Crippen LogP contribution in [-0.4, -0.2) is 18.2 Å². The van der Waals surface area contributed by atoms with Gasteiger partial charge in [-0.25, -0.2) is 0 Å². The summed E-state index contributed by atoms with van der Waals surface area (Å²) in [6.45, 7) is 1.99. The van der Waals surface area contributed by atoms with Gasteiger partial charge in [0, 0.05) is 12.5 Å². The molecule has 0 bridgehead atoms. The van der Waals surface area contributed by atoms with Crippen LogP contribution in [-0.2, 0) is 6.42 Å². The molecular formula is C16H17NO. The first-order valence-electron chi connectivity index (χ1n) is 6.42. The predicted molar refractivity (Wildman–Crippen MR) is 73.0 cm³/mol. The van der Waals surface area contributed by atoms with Crippen LogP contribution in [0.4, 0.5) is 0 Å². The number of hydrogen-bond donors (Lipinski definition) is 2. The number of phenols is 1. The van der Waals surface area contributed by atoms with Crippen LogP contribution in [0.1, 0.15) is 22.6 Å². The molecule has 1 heterocycles. The molecular weight excluding hydrogens is 222 g/mol. The zero-order chi connectivity index (χ0) is 12.4. The lowest BCUT2D eigenvalue weighted by Crippen LogP contribution is -2.20. The molecule has 18 heavy (non-hydrogen) atoms. The molecule has 0 aliphatic carbocycles. The van der Waals surface area contributed by atoms with E-state index in [0.29, 0.717) is 11.7 Å². The summed E-state index contributed by atoms with van der Waals surface area (Å²) < 4.78 is 0. The van der Waals surface area contributed by atoms with Gasteiger partial charge in [0.1, 0.15) is 5.75 Å². The van der Waals surface area contributed by atoms with Gasteiger partial charge in [0.15, 0.2) is 0 Å². The molecule has 0 saturated carbocycles. The summed E-state index contributed by atoms with van der Waals surface area (Å²) >= 11 is 0. The quantitative estimate of drug-likeness (QED) is 0.802. The van der Waals surface area contributed by atoms with Gasteiger partial charge >= 0.3 is 0 Å². The fourth-order valence-corrected chi connectivity index (χ4v) is 2.69. The molecule has 0 radical (unpaired) electrons. The zero-order valence-corrected chi connectivity index (χ0v) is 10.3. The van der Waals surface area contributed by atoms with Crippen molar-refractivity contribution in [2.24, 2.45) is 0 Å². The molecule has 0 spiro atoms. The van der Waals surface area contributed by atoms with E-state index in [1.54, 1.807) is 12.1 Å². The molecule has 2 nitrogen and oxygen atoms in total. The van der Waals surface area contributed by atoms with Gasteiger partial charge in [0.2, 0.25) is 0 Å². The molecule has 2 N–H and O–H groups in total. The summed E-state index contributed by atoms with van der Waals surface area (Å²) in [7, 11) is 0. The van der Waals surface area contributed by atoms with Crippen molar-refractivity contribution < 1.29 is 5.11 Å². The fourth-order valence-electron chi connectivity index (χ4n) is 2.69. The number of aromatic hydroxyl groups is 1. The lowest BCUT2D eigenvalue weighted by atomic mass is 9.88. The Morgan fingerprint density at radius 1 is 1.00 bits per heavy atom. The molecule has 2 aromatic rings. The third-order valence-corrected chi connectivity index (χ3v) is 3.65. The van der Waals surface area contributed by atoms with Crippen LogP contribution < -0.4 is 5.32 Å². The molecule has 2 aromatic carbocycles. The third kappa shape index (κ3) is 2.12. The molecule has 1 aliphatic rings. The largest absolute Gasteiger partial charge is 0.508 e. The summed E-state index contributed by atoms with van der Waals surface area (Å²) in [5.74, 6) is 0.706. The van der Waals surface area contributed by atoms with Crippen molar-refractivity contribution in [3.8, 4) is 5.75 Å². The van der Waals surface area contributed by atoms with Crippen LogP contribution >= 0.6 is 0 Å². The maximum Gasteiger partial charge on any atom is 0.115 e. The standard InChI is InChI=1S/C16H17NO/c18-14-7-5-13(6-8-14)16-11-17-10-9-12-3-1-2-4-15(12)16/h1-8,16-18H,9-11H2. The molecule has 0 aromatic heterocycles. The van der Waals surface area contributed by atoms with Crippen LogP contribution in [0.3, 0.4) is 0 Å². The Kier molecular flexibility index (Phi) is 3.03. The Morgan fingerprint density at radius 3 is 2.61 bits per heavy atom. The van der Waals surface area contributed by atoms with Gasteiger partial charge in [0.25, 0.3) is 0 Å². The van der Waals surface area contributed by atoms with Crippen molar-refractivity contribution in [1.29, 1.82) is 0 Å². The molecule has 2 heteroatoms. The monoisotopic (exact) mass is 239 g/mol. The second-order valence-electron chi connectivity index (χ2n) is 4.80. The minimum atomic E-state index is 0.327. The van der Waals surface area contributed by atoms with Gasteiger partial charge in [-0.05, 0) is 41.8 Å². The number of hydrogen-bond acceptors (Lipinski definition) is 2. The maximum atomic E-state index is 9.39. The lowest BCUT2D eigenvalue weighted by molar-refractivity contribution is 0.475. The van der Waals surface area contributed by atoms with E-state index in [1.807, 2.05) is 12.1 Å². The third-order valence-electron chi connectivity index (χ3n) is 3.65. The number of phenolic OH excluding ortho intramolecular Hbond substituents is 1. The van der Waals surface area contributed by atoms with Gasteiger partial charge in [-0.15, -0.1) is 0 Å². The topological polar surface area (TPSA) is 32.3 Å². The SMILES string of the molecule is Oc1ccc(C2CNCCc3ccccc32)cc1. The van der Waals surface area contributed by atoms with Gasteiger partial charge in [0.05, 0.1) is 0 Å². The molecule has 1 atom stereocenters. The predicted octanol–water partition coefficient (Wildman–Crippen LogP) is 2.67. The Hall–Kier alpha value is -1.80. The van der Waals surface area contributed by atoms with Gasteiger partial charge in [-0.3, -0.25) is 0 Å². The second-order valence-corrected chi connectivity index (χ2v) is 4.80. The molecule has 0 amide bonds. The molecule has 92 valence electrons. The van der Waals surface area contributed by atoms with Crippen molar-refractivity contribution in [2.75, 3.05) is 13.1 Å². The Morgan fingerprint density at radius 2 is 1.78 bits per heavy atom. The van der Waals surface area contributed by atoms with E-state index in [0.717, 1.165) is 19.5 Å². The summed E-state index contributed by atoms with van der Waals surface area (Å²) in [6, 6.07) is 16.2. The van der Waals surface area contributed by atoms with Crippen LogP contribution in [0.5, 0.6) is 5.75 Å². The van der Waals surface area contributed by atoms with E-state index < -0.39 is 0 Å². The van der Waals surface area contributed by atoms with Gasteiger partial charge in [-0.2, -0.15) is 0 Å². The van der Waals surface area contributed by atoms with Gasteiger partial charge in [-0.1, -0.05) is 36.4 Å². The Labute approximate surface area is 107 Å². The maximum absolute atomic E-state index is 9.39. The molecule has 0 saturated heterocycles. The van der Waals surface area contributed by atoms with E-state index in [-0.39, 0.29) is 0 Å². The van der Waals surface area contributed by atoms with Gasteiger partial charge < -0.3 is 10.4 Å². The summed E-state index contributed by atoms with van der Waals surface area (Å²) in [6.07, 6.45) is 1.09. The highest BCUT2D eigenvalue weighted by molar-refractivity contribution is 5.40. The van der Waals surface area contributed by atoms with Crippen molar-refractivity contribution in [1.82, 2.24) is 5.32 Å². The van der Waals surface area contributed by atoms with Crippen LogP contribution in [0, 0.1) is 0 Å². The van der Waals surface area contributed by atoms with E-state index >= 15 is 0 Å². The average Bonchev–Trinajstić information content (AvgIpc) is 2.62. The summed E-state index contributed by atoms with van der Waals surface area (Å²) in [5, 5.41) is 12.9. The van der Waals surface area contributed by atoms with Crippen molar-refractivity contribution >= 4 is 0 Å². The summed E-state index contributed by atoms with van der Waals surface area (Å²) in [4.78, 5) is 0. The highest BCUT2D eigenvalue weighted by Crippen LogP contribution is 2.29. The molecule has 1 unspecified atom stereocenters. The molecule has 3 rings (SSSR count). The number of fused-ring (bicyclic) bond motifs is 1. The molecule has 1 aliphatic heterocycles. The van der Waals surface area contributed by atoms with E-state index in [9.17, 15) is 5.11 Å². The highest BCUT2D eigenvalue weighted by atomic mass is 16.3. The average molecular weight is 239 g/mol. The van der Waals surface area contributed by atoms with E-state index in [4.69, 9.17) is 0 Å². The first kappa shape index (κ1) is 11.3. The first-order chi connectivity index (χ1) is 8.84.